The summed E-state index contributed by atoms with van der Waals surface area (Å²) in [5.74, 6) is 0.920. The van der Waals surface area contributed by atoms with Crippen molar-refractivity contribution in [2.24, 2.45) is 4.99 Å². The van der Waals surface area contributed by atoms with E-state index in [4.69, 9.17) is 9.73 Å². The van der Waals surface area contributed by atoms with Gasteiger partial charge in [0.2, 0.25) is 0 Å². The predicted molar refractivity (Wildman–Crippen MR) is 121 cm³/mol. The molecule has 2 rings (SSSR count). The number of hydrogen-bond donors (Lipinski definition) is 2. The fourth-order valence-corrected chi connectivity index (χ4v) is 3.21. The van der Waals surface area contributed by atoms with Crippen LogP contribution in [-0.4, -0.2) is 63.3 Å². The molecule has 0 aromatic heterocycles. The van der Waals surface area contributed by atoms with Crippen LogP contribution in [0.4, 0.5) is 0 Å². The smallest absolute Gasteiger partial charge is 0.191 e. The van der Waals surface area contributed by atoms with E-state index in [1.165, 1.54) is 5.56 Å². The Bertz CT molecular complexity index is 516. The van der Waals surface area contributed by atoms with Crippen LogP contribution in [0.2, 0.25) is 0 Å². The van der Waals surface area contributed by atoms with Crippen LogP contribution in [0.15, 0.2) is 35.3 Å². The Hall–Kier alpha value is -0.860. The van der Waals surface area contributed by atoms with Gasteiger partial charge in [0.1, 0.15) is 0 Å². The van der Waals surface area contributed by atoms with E-state index in [9.17, 15) is 0 Å². The molecule has 0 atom stereocenters. The van der Waals surface area contributed by atoms with Gasteiger partial charge in [-0.3, -0.25) is 4.99 Å². The standard InChI is InChI=1S/C20H34N4O.HI/c1-4-21-19(22-14-8-11-18-9-6-5-7-10-18)23-17-20(24(2)3)12-15-25-16-13-20;/h5-7,9-10H,4,8,11-17H2,1-3H3,(H2,21,22,23);1H. The van der Waals surface area contributed by atoms with Gasteiger partial charge in [-0.05, 0) is 52.3 Å². The van der Waals surface area contributed by atoms with Gasteiger partial charge < -0.3 is 20.3 Å². The number of halogens is 1. The first-order valence-corrected chi connectivity index (χ1v) is 9.47. The number of hydrogen-bond acceptors (Lipinski definition) is 3. The van der Waals surface area contributed by atoms with Gasteiger partial charge in [0.05, 0.1) is 6.54 Å². The van der Waals surface area contributed by atoms with Crippen molar-refractivity contribution < 1.29 is 4.74 Å². The largest absolute Gasteiger partial charge is 0.381 e. The van der Waals surface area contributed by atoms with E-state index in [0.29, 0.717) is 0 Å². The molecule has 0 unspecified atom stereocenters. The Labute approximate surface area is 176 Å². The predicted octanol–water partition coefficient (Wildman–Crippen LogP) is 2.90. The van der Waals surface area contributed by atoms with Gasteiger partial charge in [0.15, 0.2) is 5.96 Å². The number of likely N-dealkylation sites (N-methyl/N-ethyl adjacent to an activating group) is 1. The zero-order valence-electron chi connectivity index (χ0n) is 16.5. The zero-order chi connectivity index (χ0) is 18.0. The van der Waals surface area contributed by atoms with Gasteiger partial charge in [-0.2, -0.15) is 0 Å². The molecule has 0 amide bonds. The average Bonchev–Trinajstić information content (AvgIpc) is 2.64. The van der Waals surface area contributed by atoms with Crippen LogP contribution in [-0.2, 0) is 11.2 Å². The van der Waals surface area contributed by atoms with Crippen molar-refractivity contribution in [3.63, 3.8) is 0 Å². The molecule has 6 heteroatoms. The number of nitrogens with zero attached hydrogens (tertiary/aromatic N) is 2. The van der Waals surface area contributed by atoms with Crippen LogP contribution in [0.3, 0.4) is 0 Å². The minimum atomic E-state index is 0. The van der Waals surface area contributed by atoms with Crippen LogP contribution in [0.1, 0.15) is 31.7 Å². The number of benzene rings is 1. The third-order valence-corrected chi connectivity index (χ3v) is 5.03. The molecule has 26 heavy (non-hydrogen) atoms. The Kier molecular flexibility index (Phi) is 11.2. The van der Waals surface area contributed by atoms with E-state index in [1.54, 1.807) is 0 Å². The molecule has 1 saturated heterocycles. The molecule has 0 spiro atoms. The number of nitrogens with one attached hydrogen (secondary N) is 2. The summed E-state index contributed by atoms with van der Waals surface area (Å²) in [5.41, 5.74) is 1.50. The Balaban J connectivity index is 0.00000338. The van der Waals surface area contributed by atoms with E-state index in [1.807, 2.05) is 0 Å². The van der Waals surface area contributed by atoms with Crippen molar-refractivity contribution in [2.75, 3.05) is 46.9 Å². The van der Waals surface area contributed by atoms with E-state index < -0.39 is 0 Å². The van der Waals surface area contributed by atoms with E-state index in [0.717, 1.165) is 64.5 Å². The molecule has 1 aliphatic rings. The molecule has 5 nitrogen and oxygen atoms in total. The highest BCUT2D eigenvalue weighted by molar-refractivity contribution is 14.0. The van der Waals surface area contributed by atoms with Gasteiger partial charge in [-0.1, -0.05) is 30.3 Å². The van der Waals surface area contributed by atoms with Crippen LogP contribution < -0.4 is 10.6 Å². The summed E-state index contributed by atoms with van der Waals surface area (Å²) < 4.78 is 5.54. The van der Waals surface area contributed by atoms with E-state index in [-0.39, 0.29) is 29.5 Å². The molecule has 1 heterocycles. The fraction of sp³-hybridized carbons (Fsp3) is 0.650. The maximum atomic E-state index is 5.54. The average molecular weight is 474 g/mol. The number of guanidine groups is 1. The summed E-state index contributed by atoms with van der Waals surface area (Å²) in [5, 5.41) is 6.84. The first kappa shape index (κ1) is 23.2. The topological polar surface area (TPSA) is 48.9 Å². The lowest BCUT2D eigenvalue weighted by Gasteiger charge is -2.41. The summed E-state index contributed by atoms with van der Waals surface area (Å²) in [6, 6.07) is 10.6. The minimum Gasteiger partial charge on any atom is -0.381 e. The maximum absolute atomic E-state index is 5.54. The Morgan fingerprint density at radius 2 is 1.85 bits per heavy atom. The molecule has 1 aromatic rings. The molecule has 1 aliphatic heterocycles. The van der Waals surface area contributed by atoms with Gasteiger partial charge >= 0.3 is 0 Å². The molecule has 0 radical (unpaired) electrons. The van der Waals surface area contributed by atoms with Crippen LogP contribution in [0, 0.1) is 0 Å². The quantitative estimate of drug-likeness (QED) is 0.263. The van der Waals surface area contributed by atoms with Gasteiger partial charge in [-0.15, -0.1) is 24.0 Å². The van der Waals surface area contributed by atoms with E-state index >= 15 is 0 Å². The van der Waals surface area contributed by atoms with Crippen molar-refractivity contribution >= 4 is 29.9 Å². The molecule has 148 valence electrons. The van der Waals surface area contributed by atoms with Crippen molar-refractivity contribution in [3.8, 4) is 0 Å². The van der Waals surface area contributed by atoms with E-state index in [2.05, 4.69) is 66.9 Å². The molecule has 0 saturated carbocycles. The zero-order valence-corrected chi connectivity index (χ0v) is 18.8. The highest BCUT2D eigenvalue weighted by Crippen LogP contribution is 2.26. The Morgan fingerprint density at radius 3 is 2.46 bits per heavy atom. The Morgan fingerprint density at radius 1 is 1.15 bits per heavy atom. The second-order valence-corrected chi connectivity index (χ2v) is 6.94. The number of aryl methyl sites for hydroxylation is 1. The summed E-state index contributed by atoms with van der Waals surface area (Å²) in [4.78, 5) is 7.19. The molecular formula is C20H35IN4O. The number of rotatable bonds is 8. The van der Waals surface area contributed by atoms with Gasteiger partial charge in [0.25, 0.3) is 0 Å². The van der Waals surface area contributed by atoms with Crippen LogP contribution >= 0.6 is 24.0 Å². The van der Waals surface area contributed by atoms with Crippen LogP contribution in [0.5, 0.6) is 0 Å². The maximum Gasteiger partial charge on any atom is 0.191 e. The fourth-order valence-electron chi connectivity index (χ4n) is 3.21. The lowest BCUT2D eigenvalue weighted by molar-refractivity contribution is -0.00254. The third-order valence-electron chi connectivity index (χ3n) is 5.03. The second-order valence-electron chi connectivity index (χ2n) is 6.94. The highest BCUT2D eigenvalue weighted by atomic mass is 127. The lowest BCUT2D eigenvalue weighted by atomic mass is 9.89. The summed E-state index contributed by atoms with van der Waals surface area (Å²) in [6.45, 7) is 6.37. The van der Waals surface area contributed by atoms with Crippen LogP contribution in [0.25, 0.3) is 0 Å². The lowest BCUT2D eigenvalue weighted by Crippen LogP contribution is -2.51. The second kappa shape index (κ2) is 12.5. The molecule has 0 aliphatic carbocycles. The highest BCUT2D eigenvalue weighted by Gasteiger charge is 2.34. The van der Waals surface area contributed by atoms with Gasteiger partial charge in [0, 0.05) is 31.8 Å². The number of aliphatic imine (C=N–C) groups is 1. The van der Waals surface area contributed by atoms with Crippen molar-refractivity contribution in [1.82, 2.24) is 15.5 Å². The summed E-state index contributed by atoms with van der Waals surface area (Å²) in [6.07, 6.45) is 4.27. The first-order chi connectivity index (χ1) is 12.2. The summed E-state index contributed by atoms with van der Waals surface area (Å²) in [7, 11) is 4.31. The molecule has 1 fully saturated rings. The minimum absolute atomic E-state index is 0. The number of ether oxygens (including phenoxy) is 1. The summed E-state index contributed by atoms with van der Waals surface area (Å²) >= 11 is 0. The van der Waals surface area contributed by atoms with Gasteiger partial charge in [-0.25, -0.2) is 0 Å². The molecule has 2 N–H and O–H groups in total. The van der Waals surface area contributed by atoms with Crippen molar-refractivity contribution in [3.05, 3.63) is 35.9 Å². The molecular weight excluding hydrogens is 439 g/mol. The molecule has 1 aromatic carbocycles. The monoisotopic (exact) mass is 474 g/mol. The van der Waals surface area contributed by atoms with Crippen molar-refractivity contribution in [2.45, 2.75) is 38.1 Å². The third kappa shape index (κ3) is 7.40. The SMILES string of the molecule is CCNC(=NCC1(N(C)C)CCOCC1)NCCCc1ccccc1.I. The normalized spacial score (nSPS) is 16.8. The molecule has 0 bridgehead atoms. The van der Waals surface area contributed by atoms with Crippen molar-refractivity contribution in [1.29, 1.82) is 0 Å². The first-order valence-electron chi connectivity index (χ1n) is 9.47.